The maximum absolute atomic E-state index is 6.38. The van der Waals surface area contributed by atoms with E-state index in [1.54, 1.807) is 0 Å². The summed E-state index contributed by atoms with van der Waals surface area (Å²) in [6.45, 7) is 23.7. The largest absolute Gasteiger partial charge is 0.396 e. The molecular formula is C46H96O4Si. The lowest BCUT2D eigenvalue weighted by Crippen LogP contribution is -2.35. The smallest absolute Gasteiger partial charge is 0.327 e. The number of hydrogen-bond donors (Lipinski definition) is 0. The van der Waals surface area contributed by atoms with Gasteiger partial charge in [0.2, 0.25) is 0 Å². The van der Waals surface area contributed by atoms with E-state index in [-0.39, 0.29) is 17.2 Å². The molecule has 0 saturated carbocycles. The van der Waals surface area contributed by atoms with Crippen molar-refractivity contribution in [2.75, 3.05) is 26.4 Å². The van der Waals surface area contributed by atoms with E-state index in [1.807, 2.05) is 0 Å². The predicted octanol–water partition coefficient (Wildman–Crippen LogP) is 15.1. The van der Waals surface area contributed by atoms with E-state index in [2.05, 4.69) is 62.3 Å². The van der Waals surface area contributed by atoms with Crippen LogP contribution in [0.3, 0.4) is 0 Å². The van der Waals surface area contributed by atoms with Crippen LogP contribution in [0.5, 0.6) is 0 Å². The zero-order valence-electron chi connectivity index (χ0n) is 36.6. The van der Waals surface area contributed by atoms with Crippen molar-refractivity contribution in [3.63, 3.8) is 0 Å². The third-order valence-electron chi connectivity index (χ3n) is 10.5. The molecule has 0 N–H and O–H groups in total. The lowest BCUT2D eigenvalue weighted by molar-refractivity contribution is 0.0362. The minimum Gasteiger partial charge on any atom is -0.396 e. The third-order valence-corrected chi connectivity index (χ3v) is 12.9. The first-order valence-corrected chi connectivity index (χ1v) is 24.5. The molecule has 5 heteroatoms. The first-order chi connectivity index (χ1) is 24.5. The van der Waals surface area contributed by atoms with Crippen LogP contribution in [0.25, 0.3) is 0 Å². The van der Waals surface area contributed by atoms with Gasteiger partial charge in [0.25, 0.3) is 0 Å². The molecule has 2 atom stereocenters. The summed E-state index contributed by atoms with van der Waals surface area (Å²) in [4.78, 5) is 0. The van der Waals surface area contributed by atoms with Gasteiger partial charge in [-0.1, -0.05) is 203 Å². The summed E-state index contributed by atoms with van der Waals surface area (Å²) in [5.41, 5.74) is 0. The molecule has 4 nitrogen and oxygen atoms in total. The Labute approximate surface area is 324 Å². The molecule has 0 aromatic heterocycles. The van der Waals surface area contributed by atoms with Gasteiger partial charge < -0.3 is 18.3 Å². The molecule has 0 aromatic rings. The van der Waals surface area contributed by atoms with E-state index in [0.717, 1.165) is 51.1 Å². The molecule has 0 aliphatic carbocycles. The summed E-state index contributed by atoms with van der Waals surface area (Å²) in [5.74, 6) is 1.74. The number of rotatable bonds is 40. The van der Waals surface area contributed by atoms with Crippen LogP contribution in [0.2, 0.25) is 5.04 Å². The minimum atomic E-state index is -1.79. The molecule has 0 saturated heterocycles. The van der Waals surface area contributed by atoms with Gasteiger partial charge in [0.1, 0.15) is 0 Å². The van der Waals surface area contributed by atoms with Gasteiger partial charge in [0, 0.05) is 31.5 Å². The van der Waals surface area contributed by atoms with E-state index in [0.29, 0.717) is 0 Å². The molecule has 0 fully saturated rings. The molecule has 0 heterocycles. The average Bonchev–Trinajstić information content (AvgIpc) is 3.06. The van der Waals surface area contributed by atoms with E-state index < -0.39 is 9.28 Å². The van der Waals surface area contributed by atoms with Gasteiger partial charge in [0.15, 0.2) is 0 Å². The summed E-state index contributed by atoms with van der Waals surface area (Å²) < 4.78 is 25.0. The Hall–Kier alpha value is 0.0569. The van der Waals surface area contributed by atoms with Gasteiger partial charge in [-0.3, -0.25) is 0 Å². The van der Waals surface area contributed by atoms with Crippen LogP contribution >= 0.6 is 0 Å². The van der Waals surface area contributed by atoms with Gasteiger partial charge in [-0.25, -0.2) is 0 Å². The van der Waals surface area contributed by atoms with Gasteiger partial charge in [-0.05, 0) is 51.4 Å². The SMILES string of the molecule is CC(C)CCCCCCCCCCCCCCOC(C)CCO[SiH](OCCC(C)OCCCCCCCCCCCCCCC(C)C)C(C)(C)C. The highest BCUT2D eigenvalue weighted by Crippen LogP contribution is 2.28. The van der Waals surface area contributed by atoms with Crippen LogP contribution in [-0.2, 0) is 18.3 Å². The number of hydrogen-bond acceptors (Lipinski definition) is 4. The Morgan fingerprint density at radius 1 is 0.333 bits per heavy atom. The monoisotopic (exact) mass is 741 g/mol. The molecule has 0 radical (unpaired) electrons. The topological polar surface area (TPSA) is 36.9 Å². The summed E-state index contributed by atoms with van der Waals surface area (Å²) in [6, 6.07) is 0. The van der Waals surface area contributed by atoms with E-state index >= 15 is 0 Å². The lowest BCUT2D eigenvalue weighted by atomic mass is 10.0. The maximum atomic E-state index is 6.38. The highest BCUT2D eigenvalue weighted by molar-refractivity contribution is 6.48. The highest BCUT2D eigenvalue weighted by Gasteiger charge is 2.30. The second kappa shape index (κ2) is 37.0. The first-order valence-electron chi connectivity index (χ1n) is 23.0. The standard InChI is InChI=1S/C46H96O4Si/c1-42(2)34-30-26-22-18-14-10-12-16-20-24-28-32-38-47-44(5)36-40-49-51(46(7,8)9)50-41-37-45(6)48-39-33-29-25-21-17-13-11-15-19-23-27-31-35-43(3)4/h42-45,51H,10-41H2,1-9H3. The molecule has 0 amide bonds. The zero-order valence-corrected chi connectivity index (χ0v) is 37.8. The molecule has 0 aliphatic rings. The minimum absolute atomic E-state index is 0.0779. The van der Waals surface area contributed by atoms with Gasteiger partial charge in [0.05, 0.1) is 12.2 Å². The fourth-order valence-electron chi connectivity index (χ4n) is 6.81. The second-order valence-corrected chi connectivity index (χ2v) is 21.3. The van der Waals surface area contributed by atoms with Crippen molar-refractivity contribution in [2.24, 2.45) is 11.8 Å². The Bertz CT molecular complexity index is 629. The van der Waals surface area contributed by atoms with Gasteiger partial charge in [-0.15, -0.1) is 0 Å². The van der Waals surface area contributed by atoms with Crippen LogP contribution in [0.1, 0.15) is 242 Å². The van der Waals surface area contributed by atoms with Crippen LogP contribution < -0.4 is 0 Å². The Morgan fingerprint density at radius 2 is 0.588 bits per heavy atom. The summed E-state index contributed by atoms with van der Waals surface area (Å²) in [7, 11) is -1.79. The fraction of sp³-hybridized carbons (Fsp3) is 1.00. The lowest BCUT2D eigenvalue weighted by Gasteiger charge is -2.29. The number of ether oxygens (including phenoxy) is 2. The van der Waals surface area contributed by atoms with E-state index in [1.165, 1.54) is 167 Å². The molecule has 0 aromatic carbocycles. The first kappa shape index (κ1) is 51.1. The molecule has 51 heavy (non-hydrogen) atoms. The molecule has 0 aliphatic heterocycles. The van der Waals surface area contributed by atoms with Crippen molar-refractivity contribution in [1.29, 1.82) is 0 Å². The maximum Gasteiger partial charge on any atom is 0.327 e. The summed E-state index contributed by atoms with van der Waals surface area (Å²) in [6.07, 6.45) is 38.6. The molecule has 2 unspecified atom stereocenters. The Kier molecular flexibility index (Phi) is 37.0. The molecule has 308 valence electrons. The van der Waals surface area contributed by atoms with Gasteiger partial charge in [-0.2, -0.15) is 0 Å². The quantitative estimate of drug-likeness (QED) is 0.0463. The number of unbranched alkanes of at least 4 members (excludes halogenated alkanes) is 22. The van der Waals surface area contributed by atoms with Crippen LogP contribution in [-0.4, -0.2) is 47.9 Å². The van der Waals surface area contributed by atoms with Crippen molar-refractivity contribution >= 4 is 9.28 Å². The van der Waals surface area contributed by atoms with Crippen LogP contribution in [0.15, 0.2) is 0 Å². The zero-order chi connectivity index (χ0) is 37.8. The predicted molar refractivity (Wildman–Crippen MR) is 229 cm³/mol. The van der Waals surface area contributed by atoms with Crippen molar-refractivity contribution < 1.29 is 18.3 Å². The molecular weight excluding hydrogens is 645 g/mol. The molecule has 0 spiro atoms. The highest BCUT2D eigenvalue weighted by atomic mass is 28.3. The third kappa shape index (κ3) is 39.6. The van der Waals surface area contributed by atoms with Crippen LogP contribution in [0, 0.1) is 11.8 Å². The summed E-state index contributed by atoms with van der Waals surface area (Å²) in [5, 5.41) is 0.0779. The normalized spacial score (nSPS) is 14.2. The molecule has 0 bridgehead atoms. The van der Waals surface area contributed by atoms with E-state index in [4.69, 9.17) is 18.3 Å². The fourth-order valence-corrected chi connectivity index (χ4v) is 8.61. The summed E-state index contributed by atoms with van der Waals surface area (Å²) >= 11 is 0. The Morgan fingerprint density at radius 3 is 0.843 bits per heavy atom. The van der Waals surface area contributed by atoms with Crippen molar-refractivity contribution in [1.82, 2.24) is 0 Å². The average molecular weight is 741 g/mol. The second-order valence-electron chi connectivity index (χ2n) is 18.2. The molecule has 0 rings (SSSR count). The Balaban J connectivity index is 3.66. The van der Waals surface area contributed by atoms with Crippen molar-refractivity contribution in [3.05, 3.63) is 0 Å². The van der Waals surface area contributed by atoms with Crippen molar-refractivity contribution in [2.45, 2.75) is 259 Å². The van der Waals surface area contributed by atoms with Crippen molar-refractivity contribution in [3.8, 4) is 0 Å². The van der Waals surface area contributed by atoms with Crippen LogP contribution in [0.4, 0.5) is 0 Å². The van der Waals surface area contributed by atoms with Gasteiger partial charge >= 0.3 is 9.28 Å². The van der Waals surface area contributed by atoms with E-state index in [9.17, 15) is 0 Å².